The maximum absolute atomic E-state index is 10.1. The number of ether oxygens (including phenoxy) is 3. The Labute approximate surface area is 144 Å². The molecule has 0 amide bonds. The van der Waals surface area contributed by atoms with E-state index in [2.05, 4.69) is 19.2 Å². The van der Waals surface area contributed by atoms with Crippen molar-refractivity contribution in [3.05, 3.63) is 23.8 Å². The van der Waals surface area contributed by atoms with Gasteiger partial charge in [0, 0.05) is 12.6 Å². The van der Waals surface area contributed by atoms with E-state index < -0.39 is 6.10 Å². The molecule has 0 spiro atoms. The van der Waals surface area contributed by atoms with E-state index >= 15 is 0 Å². The van der Waals surface area contributed by atoms with Gasteiger partial charge < -0.3 is 24.6 Å². The summed E-state index contributed by atoms with van der Waals surface area (Å²) in [5.74, 6) is 2.97. The lowest BCUT2D eigenvalue weighted by atomic mass is 9.78. The predicted molar refractivity (Wildman–Crippen MR) is 92.2 cm³/mol. The number of hydrogen-bond donors (Lipinski definition) is 2. The van der Waals surface area contributed by atoms with Gasteiger partial charge in [0.2, 0.25) is 6.79 Å². The van der Waals surface area contributed by atoms with Gasteiger partial charge in [0.15, 0.2) is 11.5 Å². The highest BCUT2D eigenvalue weighted by atomic mass is 16.7. The van der Waals surface area contributed by atoms with Crippen molar-refractivity contribution in [2.45, 2.75) is 51.9 Å². The lowest BCUT2D eigenvalue weighted by Gasteiger charge is -2.35. The average Bonchev–Trinajstić information content (AvgIpc) is 3.04. The van der Waals surface area contributed by atoms with E-state index in [9.17, 15) is 5.11 Å². The first-order valence-corrected chi connectivity index (χ1v) is 9.01. The molecule has 4 atom stereocenters. The van der Waals surface area contributed by atoms with Crippen LogP contribution in [-0.2, 0) is 11.3 Å². The summed E-state index contributed by atoms with van der Waals surface area (Å²) in [6.45, 7) is 6.29. The second kappa shape index (κ2) is 8.19. The van der Waals surface area contributed by atoms with Crippen molar-refractivity contribution in [1.82, 2.24) is 5.32 Å². The third-order valence-electron chi connectivity index (χ3n) is 5.34. The molecule has 1 aromatic carbocycles. The molecule has 1 fully saturated rings. The summed E-state index contributed by atoms with van der Waals surface area (Å²) in [6.07, 6.45) is 3.32. The van der Waals surface area contributed by atoms with Crippen LogP contribution in [0.3, 0.4) is 0 Å². The molecule has 0 bridgehead atoms. The van der Waals surface area contributed by atoms with Crippen LogP contribution in [0.5, 0.6) is 11.5 Å². The fourth-order valence-electron chi connectivity index (χ4n) is 3.56. The van der Waals surface area contributed by atoms with Crippen LogP contribution in [0.4, 0.5) is 0 Å². The molecule has 0 unspecified atom stereocenters. The minimum Gasteiger partial charge on any atom is -0.454 e. The standard InChI is InChI=1S/C19H29NO4/c1-13-4-3-5-17(14(13)2)20-9-16(21)11-22-10-15-6-7-18-19(8-15)24-12-23-18/h6-8,13-14,16-17,20-21H,3-5,9-12H2,1-2H3/t13-,14+,16-,17+/m1/s1. The zero-order chi connectivity index (χ0) is 16.9. The van der Waals surface area contributed by atoms with Crippen LogP contribution in [-0.4, -0.2) is 37.2 Å². The SMILES string of the molecule is C[C@H]1[C@H](C)CCC[C@@H]1NC[C@@H](O)COCc1ccc2c(c1)OCO2. The Balaban J connectivity index is 1.36. The first-order chi connectivity index (χ1) is 11.6. The quantitative estimate of drug-likeness (QED) is 0.802. The third kappa shape index (κ3) is 4.41. The molecule has 0 aromatic heterocycles. The van der Waals surface area contributed by atoms with E-state index in [-0.39, 0.29) is 6.79 Å². The second-order valence-corrected chi connectivity index (χ2v) is 7.14. The van der Waals surface area contributed by atoms with E-state index in [1.165, 1.54) is 19.3 Å². The van der Waals surface area contributed by atoms with Crippen LogP contribution in [0, 0.1) is 11.8 Å². The van der Waals surface area contributed by atoms with Gasteiger partial charge in [0.1, 0.15) is 0 Å². The number of aliphatic hydroxyl groups is 1. The van der Waals surface area contributed by atoms with Gasteiger partial charge in [-0.05, 0) is 36.0 Å². The molecule has 0 saturated heterocycles. The van der Waals surface area contributed by atoms with Crippen molar-refractivity contribution in [2.75, 3.05) is 19.9 Å². The zero-order valence-electron chi connectivity index (χ0n) is 14.7. The van der Waals surface area contributed by atoms with Gasteiger partial charge in [-0.3, -0.25) is 0 Å². The third-order valence-corrected chi connectivity index (χ3v) is 5.34. The Morgan fingerprint density at radius 3 is 2.96 bits per heavy atom. The lowest BCUT2D eigenvalue weighted by molar-refractivity contribution is 0.0250. The van der Waals surface area contributed by atoms with Crippen molar-refractivity contribution in [3.8, 4) is 11.5 Å². The van der Waals surface area contributed by atoms with Crippen LogP contribution >= 0.6 is 0 Å². The molecule has 5 nitrogen and oxygen atoms in total. The minimum atomic E-state index is -0.483. The number of nitrogens with one attached hydrogen (secondary N) is 1. The number of fused-ring (bicyclic) bond motifs is 1. The van der Waals surface area contributed by atoms with E-state index in [4.69, 9.17) is 14.2 Å². The number of rotatable bonds is 7. The van der Waals surface area contributed by atoms with Gasteiger partial charge in [-0.15, -0.1) is 0 Å². The summed E-state index contributed by atoms with van der Waals surface area (Å²) >= 11 is 0. The molecule has 2 aliphatic rings. The number of aliphatic hydroxyl groups excluding tert-OH is 1. The van der Waals surface area contributed by atoms with Gasteiger partial charge in [-0.2, -0.15) is 0 Å². The van der Waals surface area contributed by atoms with Crippen LogP contribution in [0.15, 0.2) is 18.2 Å². The molecule has 1 aliphatic heterocycles. The van der Waals surface area contributed by atoms with E-state index in [0.29, 0.717) is 31.7 Å². The van der Waals surface area contributed by atoms with Crippen molar-refractivity contribution >= 4 is 0 Å². The van der Waals surface area contributed by atoms with Gasteiger partial charge in [-0.25, -0.2) is 0 Å². The van der Waals surface area contributed by atoms with Gasteiger partial charge in [0.25, 0.3) is 0 Å². The van der Waals surface area contributed by atoms with Crippen molar-refractivity contribution in [1.29, 1.82) is 0 Å². The Bertz CT molecular complexity index is 536. The lowest BCUT2D eigenvalue weighted by Crippen LogP contribution is -2.44. The molecule has 0 radical (unpaired) electrons. The Kier molecular flexibility index (Phi) is 5.98. The van der Waals surface area contributed by atoms with Crippen LogP contribution < -0.4 is 14.8 Å². The van der Waals surface area contributed by atoms with Crippen LogP contribution in [0.1, 0.15) is 38.7 Å². The molecular formula is C19H29NO4. The summed E-state index contributed by atoms with van der Waals surface area (Å²) in [5, 5.41) is 13.7. The molecule has 1 aliphatic carbocycles. The highest BCUT2D eigenvalue weighted by Gasteiger charge is 2.26. The topological polar surface area (TPSA) is 60.0 Å². The Hall–Kier alpha value is -1.30. The highest BCUT2D eigenvalue weighted by Crippen LogP contribution is 2.32. The largest absolute Gasteiger partial charge is 0.454 e. The van der Waals surface area contributed by atoms with Gasteiger partial charge >= 0.3 is 0 Å². The molecule has 5 heteroatoms. The first kappa shape index (κ1) is 17.5. The van der Waals surface area contributed by atoms with Crippen LogP contribution in [0.2, 0.25) is 0 Å². The fourth-order valence-corrected chi connectivity index (χ4v) is 3.56. The van der Waals surface area contributed by atoms with E-state index in [1.807, 2.05) is 18.2 Å². The molecule has 1 saturated carbocycles. The normalized spacial score (nSPS) is 27.2. The minimum absolute atomic E-state index is 0.280. The summed E-state index contributed by atoms with van der Waals surface area (Å²) in [6, 6.07) is 6.30. The summed E-state index contributed by atoms with van der Waals surface area (Å²) in [4.78, 5) is 0. The monoisotopic (exact) mass is 335 g/mol. The van der Waals surface area contributed by atoms with E-state index in [0.717, 1.165) is 23.0 Å². The van der Waals surface area contributed by atoms with Gasteiger partial charge in [0.05, 0.1) is 19.3 Å². The van der Waals surface area contributed by atoms with E-state index in [1.54, 1.807) is 0 Å². The van der Waals surface area contributed by atoms with Crippen LogP contribution in [0.25, 0.3) is 0 Å². The number of hydrogen-bond acceptors (Lipinski definition) is 5. The predicted octanol–water partition coefficient (Wildman–Crippen LogP) is 2.71. The van der Waals surface area contributed by atoms with Crippen molar-refractivity contribution in [2.24, 2.45) is 11.8 Å². The number of benzene rings is 1. The molecule has 1 aromatic rings. The smallest absolute Gasteiger partial charge is 0.231 e. The first-order valence-electron chi connectivity index (χ1n) is 9.01. The average molecular weight is 335 g/mol. The maximum atomic E-state index is 10.1. The summed E-state index contributed by atoms with van der Waals surface area (Å²) in [7, 11) is 0. The van der Waals surface area contributed by atoms with Gasteiger partial charge in [-0.1, -0.05) is 32.8 Å². The van der Waals surface area contributed by atoms with Crippen molar-refractivity contribution in [3.63, 3.8) is 0 Å². The highest BCUT2D eigenvalue weighted by molar-refractivity contribution is 5.44. The molecule has 24 heavy (non-hydrogen) atoms. The Morgan fingerprint density at radius 1 is 1.25 bits per heavy atom. The Morgan fingerprint density at radius 2 is 2.08 bits per heavy atom. The molecule has 3 rings (SSSR count). The zero-order valence-corrected chi connectivity index (χ0v) is 14.7. The molecule has 134 valence electrons. The molecule has 1 heterocycles. The molecular weight excluding hydrogens is 306 g/mol. The summed E-state index contributed by atoms with van der Waals surface area (Å²) in [5.41, 5.74) is 1.02. The van der Waals surface area contributed by atoms with Crippen molar-refractivity contribution < 1.29 is 19.3 Å². The molecule has 2 N–H and O–H groups in total. The second-order valence-electron chi connectivity index (χ2n) is 7.14. The summed E-state index contributed by atoms with van der Waals surface area (Å²) < 4.78 is 16.3. The maximum Gasteiger partial charge on any atom is 0.231 e. The fraction of sp³-hybridized carbons (Fsp3) is 0.684.